The third-order valence-corrected chi connectivity index (χ3v) is 6.37. The van der Waals surface area contributed by atoms with Gasteiger partial charge < -0.3 is 14.4 Å². The van der Waals surface area contributed by atoms with Gasteiger partial charge in [0, 0.05) is 17.7 Å². The highest BCUT2D eigenvalue weighted by molar-refractivity contribution is 5.68. The van der Waals surface area contributed by atoms with Crippen LogP contribution in [0.3, 0.4) is 0 Å². The fourth-order valence-electron chi connectivity index (χ4n) is 4.26. The van der Waals surface area contributed by atoms with Gasteiger partial charge in [0.25, 0.3) is 0 Å². The van der Waals surface area contributed by atoms with Crippen LogP contribution in [0, 0.1) is 11.6 Å². The minimum absolute atomic E-state index is 0.221. The van der Waals surface area contributed by atoms with Crippen LogP contribution in [0.2, 0.25) is 0 Å². The molecular weight excluding hydrogens is 556 g/mol. The Balaban J connectivity index is 0.000000255. The lowest BCUT2D eigenvalue weighted by atomic mass is 10.1. The monoisotopic (exact) mass is 587 g/mol. The smallest absolute Gasteiger partial charge is 0.410 e. The molecule has 5 aromatic rings. The Labute approximate surface area is 247 Å². The lowest BCUT2D eigenvalue weighted by Crippen LogP contribution is -2.44. The molecule has 1 N–H and O–H groups in total. The van der Waals surface area contributed by atoms with Crippen LogP contribution in [0.25, 0.3) is 28.5 Å². The lowest BCUT2D eigenvalue weighted by molar-refractivity contribution is -0.0432. The van der Waals surface area contributed by atoms with Crippen molar-refractivity contribution in [2.24, 2.45) is 0 Å². The van der Waals surface area contributed by atoms with Crippen molar-refractivity contribution in [3.63, 3.8) is 0 Å². The molecule has 2 aromatic heterocycles. The van der Waals surface area contributed by atoms with Crippen LogP contribution in [-0.2, 0) is 9.47 Å². The molecule has 12 heteroatoms. The minimum Gasteiger partial charge on any atom is -0.444 e. The molecule has 43 heavy (non-hydrogen) atoms. The first-order valence-corrected chi connectivity index (χ1v) is 13.6. The quantitative estimate of drug-likeness (QED) is 0.275. The van der Waals surface area contributed by atoms with Crippen molar-refractivity contribution in [1.82, 2.24) is 34.8 Å². The summed E-state index contributed by atoms with van der Waals surface area (Å²) in [4.78, 5) is 22.3. The number of aromatic amines is 1. The van der Waals surface area contributed by atoms with Crippen molar-refractivity contribution in [2.75, 3.05) is 19.7 Å². The van der Waals surface area contributed by atoms with E-state index in [1.165, 1.54) is 30.6 Å². The van der Waals surface area contributed by atoms with Crippen molar-refractivity contribution >= 4 is 6.09 Å². The van der Waals surface area contributed by atoms with Crippen molar-refractivity contribution in [2.45, 2.75) is 32.5 Å². The zero-order chi connectivity index (χ0) is 30.4. The van der Waals surface area contributed by atoms with Gasteiger partial charge in [0.15, 0.2) is 11.6 Å². The number of ether oxygens (including phenoxy) is 2. The van der Waals surface area contributed by atoms with Gasteiger partial charge in [-0.3, -0.25) is 5.10 Å². The topological polar surface area (TPSA) is 111 Å². The van der Waals surface area contributed by atoms with Gasteiger partial charge in [-0.25, -0.2) is 28.2 Å². The second kappa shape index (κ2) is 12.9. The van der Waals surface area contributed by atoms with E-state index in [-0.39, 0.29) is 23.8 Å². The predicted octanol–water partition coefficient (Wildman–Crippen LogP) is 5.99. The van der Waals surface area contributed by atoms with Gasteiger partial charge in [-0.05, 0) is 87.0 Å². The largest absolute Gasteiger partial charge is 0.444 e. The van der Waals surface area contributed by atoms with Crippen molar-refractivity contribution in [1.29, 1.82) is 0 Å². The first-order chi connectivity index (χ1) is 20.6. The molecule has 1 saturated heterocycles. The number of nitrogens with zero attached hydrogens (tertiary/aromatic N) is 6. The molecule has 1 aliphatic heterocycles. The Hall–Kier alpha value is -4.97. The molecule has 1 aliphatic rings. The van der Waals surface area contributed by atoms with Crippen LogP contribution in [0.5, 0.6) is 0 Å². The van der Waals surface area contributed by atoms with E-state index < -0.39 is 5.60 Å². The summed E-state index contributed by atoms with van der Waals surface area (Å²) in [6.07, 6.45) is 2.49. The third kappa shape index (κ3) is 7.86. The average molecular weight is 588 g/mol. The van der Waals surface area contributed by atoms with Crippen LogP contribution in [-0.4, -0.2) is 66.2 Å². The molecular formula is C31H31F2N7O3. The maximum atomic E-state index is 13.1. The Morgan fingerprint density at radius 3 is 2.19 bits per heavy atom. The van der Waals surface area contributed by atoms with Crippen LogP contribution in [0.15, 0.2) is 85.5 Å². The van der Waals surface area contributed by atoms with E-state index in [4.69, 9.17) is 9.47 Å². The van der Waals surface area contributed by atoms with Gasteiger partial charge in [-0.1, -0.05) is 12.1 Å². The number of carbonyl (C=O) groups is 1. The summed E-state index contributed by atoms with van der Waals surface area (Å²) in [5, 5.41) is 10.9. The first kappa shape index (κ1) is 29.5. The normalized spacial score (nSPS) is 15.0. The second-order valence-electron chi connectivity index (χ2n) is 10.7. The molecule has 0 saturated carbocycles. The Kier molecular flexibility index (Phi) is 8.86. The van der Waals surface area contributed by atoms with Gasteiger partial charge >= 0.3 is 6.09 Å². The van der Waals surface area contributed by atoms with Crippen molar-refractivity contribution < 1.29 is 23.0 Å². The highest BCUT2D eigenvalue weighted by Crippen LogP contribution is 2.25. The summed E-state index contributed by atoms with van der Waals surface area (Å²) in [5.41, 5.74) is 2.85. The van der Waals surface area contributed by atoms with Gasteiger partial charge in [0.05, 0.1) is 18.8 Å². The molecule has 3 aromatic carbocycles. The fourth-order valence-corrected chi connectivity index (χ4v) is 4.26. The third-order valence-electron chi connectivity index (χ3n) is 6.37. The highest BCUT2D eigenvalue weighted by Gasteiger charge is 2.29. The summed E-state index contributed by atoms with van der Waals surface area (Å²) in [7, 11) is 0. The molecule has 1 amide bonds. The highest BCUT2D eigenvalue weighted by atomic mass is 19.1. The molecule has 3 heterocycles. The van der Waals surface area contributed by atoms with Gasteiger partial charge in [-0.2, -0.15) is 5.10 Å². The molecule has 10 nitrogen and oxygen atoms in total. The van der Waals surface area contributed by atoms with E-state index in [0.717, 1.165) is 22.4 Å². The number of aromatic nitrogens is 6. The minimum atomic E-state index is -0.531. The number of hydrogen-bond acceptors (Lipinski definition) is 7. The van der Waals surface area contributed by atoms with Crippen LogP contribution in [0.1, 0.15) is 32.4 Å². The number of benzene rings is 3. The summed E-state index contributed by atoms with van der Waals surface area (Å²) in [5.74, 6) is 0.620. The molecule has 0 bridgehead atoms. The summed E-state index contributed by atoms with van der Waals surface area (Å²) < 4.78 is 38.6. The average Bonchev–Trinajstić information content (AvgIpc) is 3.71. The SMILES string of the molecule is CC(C)(C)OC(=O)N1CCOC(c2ccc(-n3cnc(-c4ccc(F)cc4)n3)cc2)C1.Fc1ccc(-c2ncn[nH]2)cc1. The zero-order valence-corrected chi connectivity index (χ0v) is 23.9. The van der Waals surface area contributed by atoms with Crippen LogP contribution in [0.4, 0.5) is 13.6 Å². The maximum Gasteiger partial charge on any atom is 0.410 e. The standard InChI is InChI=1S/C23H25FN4O3.C8H6FN3/c1-23(2,3)31-22(29)27-12-13-30-20(14-27)16-6-10-19(11-7-16)28-15-25-21(26-28)17-4-8-18(24)9-5-17;9-7-3-1-6(2-4-7)8-10-5-11-12-8/h4-11,15,20H,12-14H2,1-3H3;1-5H,(H,10,11,12). The number of halogens is 2. The summed E-state index contributed by atoms with van der Waals surface area (Å²) >= 11 is 0. The number of morpholine rings is 1. The van der Waals surface area contributed by atoms with E-state index in [2.05, 4.69) is 25.3 Å². The van der Waals surface area contributed by atoms with E-state index in [0.29, 0.717) is 31.3 Å². The van der Waals surface area contributed by atoms with E-state index >= 15 is 0 Å². The second-order valence-corrected chi connectivity index (χ2v) is 10.7. The van der Waals surface area contributed by atoms with Gasteiger partial charge in [0.1, 0.15) is 36.0 Å². The zero-order valence-electron chi connectivity index (χ0n) is 23.9. The van der Waals surface area contributed by atoms with Gasteiger partial charge in [0.2, 0.25) is 0 Å². The summed E-state index contributed by atoms with van der Waals surface area (Å²) in [6.45, 7) is 6.96. The maximum absolute atomic E-state index is 13.1. The molecule has 1 unspecified atom stereocenters. The number of hydrogen-bond donors (Lipinski definition) is 1. The molecule has 222 valence electrons. The molecule has 0 spiro atoms. The summed E-state index contributed by atoms with van der Waals surface area (Å²) in [6, 6.07) is 19.9. The fraction of sp³-hybridized carbons (Fsp3) is 0.258. The van der Waals surface area contributed by atoms with E-state index in [1.54, 1.807) is 40.2 Å². The first-order valence-electron chi connectivity index (χ1n) is 13.6. The Morgan fingerprint density at radius 2 is 1.58 bits per heavy atom. The van der Waals surface area contributed by atoms with Crippen molar-refractivity contribution in [3.05, 3.63) is 103 Å². The number of rotatable bonds is 4. The molecule has 0 aliphatic carbocycles. The molecule has 6 rings (SSSR count). The van der Waals surface area contributed by atoms with E-state index in [1.807, 2.05) is 45.0 Å². The van der Waals surface area contributed by atoms with E-state index in [9.17, 15) is 13.6 Å². The number of amides is 1. The predicted molar refractivity (Wildman–Crippen MR) is 155 cm³/mol. The Morgan fingerprint density at radius 1 is 0.930 bits per heavy atom. The van der Waals surface area contributed by atoms with Gasteiger partial charge in [-0.15, -0.1) is 5.10 Å². The molecule has 1 fully saturated rings. The van der Waals surface area contributed by atoms with Crippen molar-refractivity contribution in [3.8, 4) is 28.5 Å². The van der Waals surface area contributed by atoms with Crippen LogP contribution < -0.4 is 0 Å². The number of nitrogens with one attached hydrogen (secondary N) is 1. The molecule has 0 radical (unpaired) electrons. The lowest BCUT2D eigenvalue weighted by Gasteiger charge is -2.34. The number of carbonyl (C=O) groups excluding carboxylic acids is 1. The number of H-pyrrole nitrogens is 1. The Bertz CT molecular complexity index is 1620. The van der Waals surface area contributed by atoms with Crippen LogP contribution >= 0.6 is 0 Å². The molecule has 1 atom stereocenters.